The molecule has 1 heterocycles. The first-order valence-electron chi connectivity index (χ1n) is 7.34. The Labute approximate surface area is 121 Å². The van der Waals surface area contributed by atoms with Crippen LogP contribution in [0.5, 0.6) is 0 Å². The molecule has 2 rings (SSSR count). The molecule has 2 N–H and O–H groups in total. The molecule has 1 aliphatic heterocycles. The van der Waals surface area contributed by atoms with Gasteiger partial charge in [0.15, 0.2) is 0 Å². The maximum absolute atomic E-state index is 12.4. The molecule has 4 nitrogen and oxygen atoms in total. The van der Waals surface area contributed by atoms with Gasteiger partial charge in [-0.1, -0.05) is 30.3 Å². The van der Waals surface area contributed by atoms with Gasteiger partial charge in [-0.15, -0.1) is 0 Å². The van der Waals surface area contributed by atoms with Gasteiger partial charge in [0.25, 0.3) is 0 Å². The summed E-state index contributed by atoms with van der Waals surface area (Å²) in [6, 6.07) is 10.7. The van der Waals surface area contributed by atoms with Crippen LogP contribution in [0.3, 0.4) is 0 Å². The Morgan fingerprint density at radius 1 is 1.40 bits per heavy atom. The van der Waals surface area contributed by atoms with Crippen molar-refractivity contribution in [2.45, 2.75) is 38.4 Å². The lowest BCUT2D eigenvalue weighted by molar-refractivity contribution is -0.135. The molecule has 1 aromatic carbocycles. The fourth-order valence-electron chi connectivity index (χ4n) is 2.85. The molecule has 0 aliphatic carbocycles. The maximum atomic E-state index is 12.4. The largest absolute Gasteiger partial charge is 0.339 e. The molecule has 0 radical (unpaired) electrons. The number of amides is 1. The van der Waals surface area contributed by atoms with Gasteiger partial charge in [-0.25, -0.2) is 0 Å². The van der Waals surface area contributed by atoms with Crippen LogP contribution in [-0.2, 0) is 11.3 Å². The van der Waals surface area contributed by atoms with E-state index in [9.17, 15) is 4.79 Å². The van der Waals surface area contributed by atoms with Crippen LogP contribution in [-0.4, -0.2) is 47.9 Å². The van der Waals surface area contributed by atoms with E-state index in [1.54, 1.807) is 0 Å². The van der Waals surface area contributed by atoms with E-state index < -0.39 is 0 Å². The summed E-state index contributed by atoms with van der Waals surface area (Å²) in [4.78, 5) is 16.4. The summed E-state index contributed by atoms with van der Waals surface area (Å²) in [7, 11) is 1.99. The molecule has 2 atom stereocenters. The summed E-state index contributed by atoms with van der Waals surface area (Å²) < 4.78 is 0. The summed E-state index contributed by atoms with van der Waals surface area (Å²) in [5.41, 5.74) is 7.18. The first kappa shape index (κ1) is 15.0. The van der Waals surface area contributed by atoms with E-state index in [4.69, 9.17) is 5.73 Å². The molecule has 1 fully saturated rings. The molecule has 1 aromatic rings. The highest BCUT2D eigenvalue weighted by atomic mass is 16.2. The van der Waals surface area contributed by atoms with E-state index in [2.05, 4.69) is 24.0 Å². The van der Waals surface area contributed by atoms with E-state index in [1.165, 1.54) is 5.56 Å². The van der Waals surface area contributed by atoms with Crippen molar-refractivity contribution in [2.75, 3.05) is 20.1 Å². The lowest BCUT2D eigenvalue weighted by Crippen LogP contribution is -2.50. The number of carbonyl (C=O) groups excluding carboxylic acids is 1. The van der Waals surface area contributed by atoms with Crippen LogP contribution in [0, 0.1) is 0 Å². The smallest absolute Gasteiger partial charge is 0.236 e. The van der Waals surface area contributed by atoms with Gasteiger partial charge in [-0.05, 0) is 32.4 Å². The van der Waals surface area contributed by atoms with Crippen molar-refractivity contribution >= 4 is 5.91 Å². The van der Waals surface area contributed by atoms with Crippen LogP contribution in [0.15, 0.2) is 30.3 Å². The number of hydrogen-bond donors (Lipinski definition) is 1. The number of likely N-dealkylation sites (N-methyl/N-ethyl adjacent to an activating group) is 1. The predicted molar refractivity (Wildman–Crippen MR) is 81.2 cm³/mol. The number of nitrogens with two attached hydrogens (primary N) is 1. The van der Waals surface area contributed by atoms with Crippen LogP contribution in [0.2, 0.25) is 0 Å². The molecular formula is C16H25N3O. The minimum atomic E-state index is 0.211. The zero-order valence-electron chi connectivity index (χ0n) is 12.5. The molecule has 110 valence electrons. The van der Waals surface area contributed by atoms with Crippen molar-refractivity contribution in [1.29, 1.82) is 0 Å². The Morgan fingerprint density at radius 2 is 2.10 bits per heavy atom. The van der Waals surface area contributed by atoms with Gasteiger partial charge in [-0.3, -0.25) is 9.69 Å². The second kappa shape index (κ2) is 6.86. The van der Waals surface area contributed by atoms with Gasteiger partial charge >= 0.3 is 0 Å². The van der Waals surface area contributed by atoms with Crippen LogP contribution in [0.1, 0.15) is 25.3 Å². The lowest BCUT2D eigenvalue weighted by Gasteiger charge is -2.37. The Morgan fingerprint density at radius 3 is 2.75 bits per heavy atom. The Balaban J connectivity index is 1.84. The monoisotopic (exact) mass is 275 g/mol. The number of rotatable bonds is 4. The Bertz CT molecular complexity index is 435. The number of benzene rings is 1. The predicted octanol–water partition coefficient (Wildman–Crippen LogP) is 1.46. The van der Waals surface area contributed by atoms with Crippen LogP contribution >= 0.6 is 0 Å². The molecule has 0 saturated carbocycles. The second-order valence-corrected chi connectivity index (χ2v) is 5.88. The van der Waals surface area contributed by atoms with Crippen molar-refractivity contribution in [1.82, 2.24) is 9.80 Å². The van der Waals surface area contributed by atoms with Gasteiger partial charge in [0, 0.05) is 25.2 Å². The van der Waals surface area contributed by atoms with E-state index in [1.807, 2.05) is 30.1 Å². The number of carbonyl (C=O) groups is 1. The summed E-state index contributed by atoms with van der Waals surface area (Å²) in [6.45, 7) is 4.15. The fourth-order valence-corrected chi connectivity index (χ4v) is 2.85. The van der Waals surface area contributed by atoms with Crippen molar-refractivity contribution < 1.29 is 4.79 Å². The van der Waals surface area contributed by atoms with Crippen molar-refractivity contribution in [3.05, 3.63) is 35.9 Å². The van der Waals surface area contributed by atoms with Gasteiger partial charge < -0.3 is 10.6 Å². The average molecular weight is 275 g/mol. The third kappa shape index (κ3) is 4.05. The summed E-state index contributed by atoms with van der Waals surface area (Å²) in [5, 5.41) is 0. The standard InChI is InChI=1S/C16H25N3O/c1-13-10-15(17)8-9-19(13)16(20)12-18(2)11-14-6-4-3-5-7-14/h3-7,13,15H,8-12,17H2,1-2H3. The Kier molecular flexibility index (Phi) is 5.15. The molecule has 1 saturated heterocycles. The molecule has 0 spiro atoms. The molecule has 1 amide bonds. The maximum Gasteiger partial charge on any atom is 0.236 e. The average Bonchev–Trinajstić information content (AvgIpc) is 2.39. The van der Waals surface area contributed by atoms with Crippen molar-refractivity contribution in [2.24, 2.45) is 5.73 Å². The van der Waals surface area contributed by atoms with Crippen molar-refractivity contribution in [3.63, 3.8) is 0 Å². The van der Waals surface area contributed by atoms with Crippen LogP contribution in [0.25, 0.3) is 0 Å². The summed E-state index contributed by atoms with van der Waals surface area (Å²) >= 11 is 0. The van der Waals surface area contributed by atoms with E-state index in [0.29, 0.717) is 6.54 Å². The van der Waals surface area contributed by atoms with Gasteiger partial charge in [0.05, 0.1) is 6.54 Å². The molecule has 0 bridgehead atoms. The molecule has 0 aromatic heterocycles. The lowest BCUT2D eigenvalue weighted by atomic mass is 9.99. The highest BCUT2D eigenvalue weighted by Gasteiger charge is 2.27. The highest BCUT2D eigenvalue weighted by Crippen LogP contribution is 2.16. The van der Waals surface area contributed by atoms with E-state index in [-0.39, 0.29) is 18.0 Å². The van der Waals surface area contributed by atoms with Crippen molar-refractivity contribution in [3.8, 4) is 0 Å². The third-order valence-electron chi connectivity index (χ3n) is 3.94. The fraction of sp³-hybridized carbons (Fsp3) is 0.562. The Hall–Kier alpha value is -1.39. The normalized spacial score (nSPS) is 23.1. The minimum absolute atomic E-state index is 0.211. The minimum Gasteiger partial charge on any atom is -0.339 e. The van der Waals surface area contributed by atoms with Gasteiger partial charge in [0.2, 0.25) is 5.91 Å². The zero-order chi connectivity index (χ0) is 14.5. The topological polar surface area (TPSA) is 49.6 Å². The van der Waals surface area contributed by atoms with Gasteiger partial charge in [-0.2, -0.15) is 0 Å². The number of nitrogens with zero attached hydrogens (tertiary/aromatic N) is 2. The number of piperidine rings is 1. The van der Waals surface area contributed by atoms with Crippen LogP contribution < -0.4 is 5.73 Å². The molecule has 2 unspecified atom stereocenters. The number of hydrogen-bond acceptors (Lipinski definition) is 3. The first-order valence-corrected chi connectivity index (χ1v) is 7.34. The summed E-state index contributed by atoms with van der Waals surface area (Å²) in [6.07, 6.45) is 1.83. The first-order chi connectivity index (χ1) is 9.56. The zero-order valence-corrected chi connectivity index (χ0v) is 12.5. The molecular weight excluding hydrogens is 250 g/mol. The van der Waals surface area contributed by atoms with E-state index >= 15 is 0 Å². The highest BCUT2D eigenvalue weighted by molar-refractivity contribution is 5.78. The molecule has 20 heavy (non-hydrogen) atoms. The number of likely N-dealkylation sites (tertiary alicyclic amines) is 1. The summed E-state index contributed by atoms with van der Waals surface area (Å²) in [5.74, 6) is 0.211. The quantitative estimate of drug-likeness (QED) is 0.905. The molecule has 1 aliphatic rings. The second-order valence-electron chi connectivity index (χ2n) is 5.88. The van der Waals surface area contributed by atoms with Crippen LogP contribution in [0.4, 0.5) is 0 Å². The van der Waals surface area contributed by atoms with Gasteiger partial charge in [0.1, 0.15) is 0 Å². The third-order valence-corrected chi connectivity index (χ3v) is 3.94. The molecule has 4 heteroatoms. The van der Waals surface area contributed by atoms with E-state index in [0.717, 1.165) is 25.9 Å². The SMILES string of the molecule is CC1CC(N)CCN1C(=O)CN(C)Cc1ccccc1.